The summed E-state index contributed by atoms with van der Waals surface area (Å²) < 4.78 is 2.14. The van der Waals surface area contributed by atoms with Gasteiger partial charge in [0.05, 0.1) is 5.69 Å². The topological polar surface area (TPSA) is 12.0 Å². The van der Waals surface area contributed by atoms with Crippen LogP contribution in [0.15, 0.2) is 56.3 Å². The van der Waals surface area contributed by atoms with Gasteiger partial charge < -0.3 is 5.32 Å². The molecule has 0 heterocycles. The number of benzene rings is 2. The smallest absolute Gasteiger partial charge is 0.0500 e. The van der Waals surface area contributed by atoms with Crippen LogP contribution >= 0.6 is 43.6 Å². The van der Waals surface area contributed by atoms with Gasteiger partial charge in [-0.25, -0.2) is 0 Å². The standard InChI is InChI=1S/C15H15Br2NS/c1-10(11-3-6-13(19-2)7-4-11)18-15-9-12(16)5-8-14(15)17/h3-10,18H,1-2H3. The van der Waals surface area contributed by atoms with E-state index in [0.717, 1.165) is 14.6 Å². The minimum absolute atomic E-state index is 0.265. The molecule has 1 unspecified atom stereocenters. The van der Waals surface area contributed by atoms with Gasteiger partial charge in [0.25, 0.3) is 0 Å². The highest BCUT2D eigenvalue weighted by molar-refractivity contribution is 9.11. The second-order valence-electron chi connectivity index (χ2n) is 4.26. The van der Waals surface area contributed by atoms with E-state index in [-0.39, 0.29) is 6.04 Å². The van der Waals surface area contributed by atoms with E-state index in [1.807, 2.05) is 12.1 Å². The highest BCUT2D eigenvalue weighted by Crippen LogP contribution is 2.29. The average Bonchev–Trinajstić information content (AvgIpc) is 2.43. The third-order valence-electron chi connectivity index (χ3n) is 2.92. The van der Waals surface area contributed by atoms with Crippen LogP contribution in [-0.2, 0) is 0 Å². The van der Waals surface area contributed by atoms with Gasteiger partial charge in [-0.2, -0.15) is 0 Å². The van der Waals surface area contributed by atoms with E-state index in [1.54, 1.807) is 11.8 Å². The van der Waals surface area contributed by atoms with Crippen LogP contribution in [0.25, 0.3) is 0 Å². The molecule has 0 aliphatic carbocycles. The Kier molecular flexibility index (Phi) is 5.37. The Balaban J connectivity index is 2.15. The van der Waals surface area contributed by atoms with Crippen molar-refractivity contribution in [1.29, 1.82) is 0 Å². The fourth-order valence-corrected chi connectivity index (χ4v) is 2.95. The molecule has 4 heteroatoms. The molecule has 0 saturated heterocycles. The molecule has 0 aliphatic rings. The van der Waals surface area contributed by atoms with Crippen molar-refractivity contribution in [2.24, 2.45) is 0 Å². The lowest BCUT2D eigenvalue weighted by Gasteiger charge is -2.17. The Morgan fingerprint density at radius 2 is 1.74 bits per heavy atom. The molecule has 2 rings (SSSR count). The minimum Gasteiger partial charge on any atom is -0.378 e. The van der Waals surface area contributed by atoms with Gasteiger partial charge in [0, 0.05) is 19.9 Å². The number of rotatable bonds is 4. The van der Waals surface area contributed by atoms with Gasteiger partial charge in [-0.1, -0.05) is 28.1 Å². The molecule has 0 spiro atoms. The molecule has 0 aromatic heterocycles. The summed E-state index contributed by atoms with van der Waals surface area (Å²) >= 11 is 8.83. The highest BCUT2D eigenvalue weighted by Gasteiger charge is 2.08. The van der Waals surface area contributed by atoms with Gasteiger partial charge in [0.15, 0.2) is 0 Å². The number of hydrogen-bond acceptors (Lipinski definition) is 2. The van der Waals surface area contributed by atoms with Crippen LogP contribution in [0, 0.1) is 0 Å². The third-order valence-corrected chi connectivity index (χ3v) is 4.84. The molecule has 100 valence electrons. The molecular formula is C15H15Br2NS. The summed E-state index contributed by atoms with van der Waals surface area (Å²) in [6.45, 7) is 2.17. The van der Waals surface area contributed by atoms with E-state index < -0.39 is 0 Å². The molecule has 0 saturated carbocycles. The van der Waals surface area contributed by atoms with Crippen molar-refractivity contribution in [2.45, 2.75) is 17.9 Å². The van der Waals surface area contributed by atoms with Crippen molar-refractivity contribution < 1.29 is 0 Å². The van der Waals surface area contributed by atoms with Crippen LogP contribution in [0.5, 0.6) is 0 Å². The number of thioether (sulfide) groups is 1. The van der Waals surface area contributed by atoms with Gasteiger partial charge in [-0.15, -0.1) is 11.8 Å². The molecule has 2 aromatic carbocycles. The zero-order chi connectivity index (χ0) is 13.8. The zero-order valence-electron chi connectivity index (χ0n) is 10.8. The van der Waals surface area contributed by atoms with Crippen LogP contribution in [0.1, 0.15) is 18.5 Å². The molecular weight excluding hydrogens is 386 g/mol. The number of nitrogens with one attached hydrogen (secondary N) is 1. The monoisotopic (exact) mass is 399 g/mol. The molecule has 0 fully saturated rings. The lowest BCUT2D eigenvalue weighted by atomic mass is 10.1. The van der Waals surface area contributed by atoms with Crippen molar-refractivity contribution in [2.75, 3.05) is 11.6 Å². The summed E-state index contributed by atoms with van der Waals surface area (Å²) in [7, 11) is 0. The molecule has 0 amide bonds. The molecule has 2 aromatic rings. The van der Waals surface area contributed by atoms with Gasteiger partial charge >= 0.3 is 0 Å². The van der Waals surface area contributed by atoms with Gasteiger partial charge in [0.2, 0.25) is 0 Å². The quantitative estimate of drug-likeness (QED) is 0.621. The van der Waals surface area contributed by atoms with E-state index >= 15 is 0 Å². The summed E-state index contributed by atoms with van der Waals surface area (Å²) in [5.41, 5.74) is 2.38. The molecule has 1 atom stereocenters. The second kappa shape index (κ2) is 6.82. The molecule has 19 heavy (non-hydrogen) atoms. The fraction of sp³-hybridized carbons (Fsp3) is 0.200. The van der Waals surface area contributed by atoms with Gasteiger partial charge in [-0.3, -0.25) is 0 Å². The second-order valence-corrected chi connectivity index (χ2v) is 6.91. The number of hydrogen-bond donors (Lipinski definition) is 1. The lowest BCUT2D eigenvalue weighted by molar-refractivity contribution is 0.881. The van der Waals surface area contributed by atoms with Crippen molar-refractivity contribution in [3.05, 3.63) is 57.0 Å². The van der Waals surface area contributed by atoms with E-state index in [9.17, 15) is 0 Å². The normalized spacial score (nSPS) is 12.2. The first-order valence-corrected chi connectivity index (χ1v) is 8.77. The molecule has 0 bridgehead atoms. The Bertz CT molecular complexity index is 555. The summed E-state index contributed by atoms with van der Waals surface area (Å²) in [4.78, 5) is 1.29. The van der Waals surface area contributed by atoms with Crippen LogP contribution in [-0.4, -0.2) is 6.26 Å². The summed E-state index contributed by atoms with van der Waals surface area (Å²) in [6, 6.07) is 15.1. The maximum atomic E-state index is 3.57. The van der Waals surface area contributed by atoms with E-state index in [4.69, 9.17) is 0 Å². The minimum atomic E-state index is 0.265. The SMILES string of the molecule is CSc1ccc(C(C)Nc2cc(Br)ccc2Br)cc1. The predicted molar refractivity (Wildman–Crippen MR) is 92.1 cm³/mol. The lowest BCUT2D eigenvalue weighted by Crippen LogP contribution is -2.06. The molecule has 1 nitrogen and oxygen atoms in total. The van der Waals surface area contributed by atoms with Gasteiger partial charge in [0.1, 0.15) is 0 Å². The Morgan fingerprint density at radius 1 is 1.05 bits per heavy atom. The summed E-state index contributed by atoms with van der Waals surface area (Å²) in [5.74, 6) is 0. The average molecular weight is 401 g/mol. The van der Waals surface area contributed by atoms with Crippen LogP contribution in [0.3, 0.4) is 0 Å². The molecule has 1 N–H and O–H groups in total. The summed E-state index contributed by atoms with van der Waals surface area (Å²) in [6.07, 6.45) is 2.09. The first-order valence-electron chi connectivity index (χ1n) is 5.95. The van der Waals surface area contributed by atoms with E-state index in [1.165, 1.54) is 10.5 Å². The Morgan fingerprint density at radius 3 is 2.37 bits per heavy atom. The van der Waals surface area contributed by atoms with Crippen molar-refractivity contribution in [1.82, 2.24) is 0 Å². The number of anilines is 1. The maximum Gasteiger partial charge on any atom is 0.0500 e. The highest BCUT2D eigenvalue weighted by atomic mass is 79.9. The summed E-state index contributed by atoms with van der Waals surface area (Å²) in [5, 5.41) is 3.52. The van der Waals surface area contributed by atoms with Gasteiger partial charge in [-0.05, 0) is 65.0 Å². The fourth-order valence-electron chi connectivity index (χ4n) is 1.82. The zero-order valence-corrected chi connectivity index (χ0v) is 14.8. The predicted octanol–water partition coefficient (Wildman–Crippen LogP) is 6.11. The van der Waals surface area contributed by atoms with Crippen molar-refractivity contribution in [3.63, 3.8) is 0 Å². The van der Waals surface area contributed by atoms with Crippen LogP contribution < -0.4 is 5.32 Å². The number of halogens is 2. The third kappa shape index (κ3) is 4.01. The van der Waals surface area contributed by atoms with Crippen molar-refractivity contribution >= 4 is 49.3 Å². The molecule has 0 aliphatic heterocycles. The van der Waals surface area contributed by atoms with Crippen molar-refractivity contribution in [3.8, 4) is 0 Å². The van der Waals surface area contributed by atoms with Crippen LogP contribution in [0.2, 0.25) is 0 Å². The molecule has 0 radical (unpaired) electrons. The maximum absolute atomic E-state index is 3.57. The van der Waals surface area contributed by atoms with E-state index in [2.05, 4.69) is 80.7 Å². The van der Waals surface area contributed by atoms with Crippen LogP contribution in [0.4, 0.5) is 5.69 Å². The van der Waals surface area contributed by atoms with E-state index in [0.29, 0.717) is 0 Å². The largest absolute Gasteiger partial charge is 0.378 e. The first-order chi connectivity index (χ1) is 9.10. The first kappa shape index (κ1) is 14.9. The Hall–Kier alpha value is -0.450. The Labute approximate surface area is 135 Å².